The molecule has 1 rings (SSSR count). The van der Waals surface area contributed by atoms with Crippen molar-refractivity contribution in [2.24, 2.45) is 7.05 Å². The highest BCUT2D eigenvalue weighted by Gasteiger charge is 2.13. The molecule has 0 aliphatic carbocycles. The van der Waals surface area contributed by atoms with Crippen LogP contribution in [0.3, 0.4) is 0 Å². The molecule has 1 N–H and O–H groups in total. The number of hydrogen-bond acceptors (Lipinski definition) is 3. The van der Waals surface area contributed by atoms with Crippen LogP contribution in [0.2, 0.25) is 0 Å². The van der Waals surface area contributed by atoms with Crippen molar-refractivity contribution in [3.05, 3.63) is 17.5 Å². The van der Waals surface area contributed by atoms with Gasteiger partial charge in [-0.3, -0.25) is 4.68 Å². The lowest BCUT2D eigenvalue weighted by atomic mass is 10.1. The average molecular weight is 168 g/mol. The summed E-state index contributed by atoms with van der Waals surface area (Å²) in [5.41, 5.74) is 1.62. The lowest BCUT2D eigenvalue weighted by Gasteiger charge is -2.08. The van der Waals surface area contributed by atoms with Crippen LogP contribution in [0.15, 0.2) is 6.20 Å². The van der Waals surface area contributed by atoms with Gasteiger partial charge in [-0.1, -0.05) is 0 Å². The number of carbonyl (C=O) groups excluding carboxylic acids is 1. The Kier molecular flexibility index (Phi) is 2.60. The smallest absolute Gasteiger partial charge is 0.122 e. The van der Waals surface area contributed by atoms with Crippen molar-refractivity contribution >= 4 is 6.29 Å². The Morgan fingerprint density at radius 1 is 1.83 bits per heavy atom. The summed E-state index contributed by atoms with van der Waals surface area (Å²) in [7, 11) is 1.75. The van der Waals surface area contributed by atoms with E-state index in [0.29, 0.717) is 12.0 Å². The number of hydrogen-bond donors (Lipinski definition) is 1. The highest BCUT2D eigenvalue weighted by atomic mass is 16.3. The van der Waals surface area contributed by atoms with Crippen LogP contribution in [0.1, 0.15) is 23.8 Å². The third-order valence-electron chi connectivity index (χ3n) is 1.81. The van der Waals surface area contributed by atoms with Gasteiger partial charge >= 0.3 is 0 Å². The van der Waals surface area contributed by atoms with Crippen molar-refractivity contribution in [1.82, 2.24) is 9.78 Å². The summed E-state index contributed by atoms with van der Waals surface area (Å²) in [4.78, 5) is 10.1. The molecule has 0 aromatic carbocycles. The van der Waals surface area contributed by atoms with E-state index >= 15 is 0 Å². The van der Waals surface area contributed by atoms with E-state index in [-0.39, 0.29) is 6.42 Å². The number of aromatic nitrogens is 2. The van der Waals surface area contributed by atoms with Crippen molar-refractivity contribution in [3.63, 3.8) is 0 Å². The van der Waals surface area contributed by atoms with Crippen LogP contribution in [0, 0.1) is 6.92 Å². The van der Waals surface area contributed by atoms with Crippen LogP contribution < -0.4 is 0 Å². The largest absolute Gasteiger partial charge is 0.386 e. The van der Waals surface area contributed by atoms with Crippen LogP contribution >= 0.6 is 0 Å². The minimum Gasteiger partial charge on any atom is -0.386 e. The second-order valence-electron chi connectivity index (χ2n) is 2.75. The number of carbonyl (C=O) groups is 1. The topological polar surface area (TPSA) is 55.1 Å². The molecule has 1 unspecified atom stereocenters. The highest BCUT2D eigenvalue weighted by Crippen LogP contribution is 2.17. The Hall–Kier alpha value is -1.16. The second-order valence-corrected chi connectivity index (χ2v) is 2.75. The fraction of sp³-hybridized carbons (Fsp3) is 0.500. The van der Waals surface area contributed by atoms with E-state index < -0.39 is 6.10 Å². The molecule has 0 fully saturated rings. The Morgan fingerprint density at radius 3 is 2.92 bits per heavy atom. The Morgan fingerprint density at radius 2 is 2.50 bits per heavy atom. The summed E-state index contributed by atoms with van der Waals surface area (Å²) in [6.07, 6.45) is 1.77. The third kappa shape index (κ3) is 1.53. The molecule has 1 heterocycles. The van der Waals surface area contributed by atoms with E-state index in [9.17, 15) is 9.90 Å². The molecule has 12 heavy (non-hydrogen) atoms. The van der Waals surface area contributed by atoms with Gasteiger partial charge in [0.25, 0.3) is 0 Å². The lowest BCUT2D eigenvalue weighted by Crippen LogP contribution is -2.06. The first-order valence-electron chi connectivity index (χ1n) is 3.77. The molecule has 0 amide bonds. The number of aldehydes is 1. The van der Waals surface area contributed by atoms with Gasteiger partial charge in [0, 0.05) is 13.5 Å². The predicted molar refractivity (Wildman–Crippen MR) is 43.6 cm³/mol. The quantitative estimate of drug-likeness (QED) is 0.662. The minimum absolute atomic E-state index is 0.125. The van der Waals surface area contributed by atoms with Gasteiger partial charge in [0.15, 0.2) is 0 Å². The maximum Gasteiger partial charge on any atom is 0.122 e. The van der Waals surface area contributed by atoms with Crippen molar-refractivity contribution in [2.45, 2.75) is 19.4 Å². The van der Waals surface area contributed by atoms with Gasteiger partial charge in [-0.15, -0.1) is 0 Å². The van der Waals surface area contributed by atoms with Crippen molar-refractivity contribution in [1.29, 1.82) is 0 Å². The standard InChI is InChI=1S/C8H12N2O2/c1-6-5-9-10(2)8(6)7(12)3-4-11/h4-5,7,12H,3H2,1-2H3. The number of nitrogens with zero attached hydrogens (tertiary/aromatic N) is 2. The summed E-state index contributed by atoms with van der Waals surface area (Å²) in [5.74, 6) is 0. The summed E-state index contributed by atoms with van der Waals surface area (Å²) in [6, 6.07) is 0. The SMILES string of the molecule is Cc1cnn(C)c1C(O)CC=O. The molecule has 0 spiro atoms. The predicted octanol–water partition coefficient (Wildman–Crippen LogP) is 0.351. The van der Waals surface area contributed by atoms with Gasteiger partial charge in [0.05, 0.1) is 11.9 Å². The molecule has 0 bridgehead atoms. The summed E-state index contributed by atoms with van der Waals surface area (Å²) < 4.78 is 1.59. The molecule has 1 atom stereocenters. The van der Waals surface area contributed by atoms with E-state index in [4.69, 9.17) is 0 Å². The van der Waals surface area contributed by atoms with Gasteiger partial charge in [-0.25, -0.2) is 0 Å². The van der Waals surface area contributed by atoms with Gasteiger partial charge < -0.3 is 9.90 Å². The lowest BCUT2D eigenvalue weighted by molar-refractivity contribution is -0.109. The van der Waals surface area contributed by atoms with Crippen LogP contribution in [0.4, 0.5) is 0 Å². The number of aryl methyl sites for hydroxylation is 2. The first-order valence-corrected chi connectivity index (χ1v) is 3.77. The first kappa shape index (κ1) is 8.93. The van der Waals surface area contributed by atoms with E-state index in [2.05, 4.69) is 5.10 Å². The molecular formula is C8H12N2O2. The Balaban J connectivity index is 2.92. The normalized spacial score (nSPS) is 12.9. The molecule has 1 aromatic rings. The number of aliphatic hydroxyl groups is 1. The van der Waals surface area contributed by atoms with Crippen molar-refractivity contribution < 1.29 is 9.90 Å². The van der Waals surface area contributed by atoms with Gasteiger partial charge in [-0.2, -0.15) is 5.10 Å². The van der Waals surface area contributed by atoms with E-state index in [1.807, 2.05) is 6.92 Å². The molecule has 4 nitrogen and oxygen atoms in total. The van der Waals surface area contributed by atoms with E-state index in [1.54, 1.807) is 17.9 Å². The summed E-state index contributed by atoms with van der Waals surface area (Å²) in [6.45, 7) is 1.86. The van der Waals surface area contributed by atoms with Crippen LogP contribution in [0.25, 0.3) is 0 Å². The molecule has 0 saturated heterocycles. The zero-order chi connectivity index (χ0) is 9.14. The van der Waals surface area contributed by atoms with Crippen LogP contribution in [0.5, 0.6) is 0 Å². The van der Waals surface area contributed by atoms with E-state index in [1.165, 1.54) is 0 Å². The Bertz CT molecular complexity index is 261. The minimum atomic E-state index is -0.727. The second kappa shape index (κ2) is 3.49. The van der Waals surface area contributed by atoms with Crippen molar-refractivity contribution in [3.8, 4) is 0 Å². The average Bonchev–Trinajstić information content (AvgIpc) is 2.32. The fourth-order valence-corrected chi connectivity index (χ4v) is 1.24. The van der Waals surface area contributed by atoms with E-state index in [0.717, 1.165) is 5.56 Å². The maximum absolute atomic E-state index is 10.1. The molecule has 1 aromatic heterocycles. The Labute approximate surface area is 70.8 Å². The third-order valence-corrected chi connectivity index (χ3v) is 1.81. The summed E-state index contributed by atoms with van der Waals surface area (Å²) >= 11 is 0. The first-order chi connectivity index (χ1) is 5.66. The molecule has 0 aliphatic heterocycles. The van der Waals surface area contributed by atoms with Gasteiger partial charge in [0.1, 0.15) is 12.4 Å². The van der Waals surface area contributed by atoms with Gasteiger partial charge in [-0.05, 0) is 12.5 Å². The van der Waals surface area contributed by atoms with Gasteiger partial charge in [0.2, 0.25) is 0 Å². The molecular weight excluding hydrogens is 156 g/mol. The summed E-state index contributed by atoms with van der Waals surface area (Å²) in [5, 5.41) is 13.4. The molecule has 0 aliphatic rings. The van der Waals surface area contributed by atoms with Crippen LogP contribution in [-0.4, -0.2) is 21.2 Å². The fourth-order valence-electron chi connectivity index (χ4n) is 1.24. The zero-order valence-electron chi connectivity index (χ0n) is 7.19. The number of rotatable bonds is 3. The monoisotopic (exact) mass is 168 g/mol. The van der Waals surface area contributed by atoms with Crippen LogP contribution in [-0.2, 0) is 11.8 Å². The maximum atomic E-state index is 10.1. The highest BCUT2D eigenvalue weighted by molar-refractivity contribution is 5.50. The molecule has 4 heteroatoms. The molecule has 0 saturated carbocycles. The molecule has 66 valence electrons. The van der Waals surface area contributed by atoms with Crippen molar-refractivity contribution in [2.75, 3.05) is 0 Å². The molecule has 0 radical (unpaired) electrons. The number of aliphatic hydroxyl groups excluding tert-OH is 1. The zero-order valence-corrected chi connectivity index (χ0v) is 7.19.